The van der Waals surface area contributed by atoms with Gasteiger partial charge in [0.05, 0.1) is 9.82 Å². The molecule has 7 heteroatoms. The minimum absolute atomic E-state index is 0.00266. The van der Waals surface area contributed by atoms with Crippen molar-refractivity contribution in [3.8, 4) is 0 Å². The maximum Gasteiger partial charge on any atom is 0.290 e. The summed E-state index contributed by atoms with van der Waals surface area (Å²) in [6, 6.07) is 11.0. The van der Waals surface area contributed by atoms with Gasteiger partial charge in [0.25, 0.3) is 5.69 Å². The zero-order valence-corrected chi connectivity index (χ0v) is 10.5. The Balaban J connectivity index is 2.69. The average Bonchev–Trinajstić information content (AvgIpc) is 2.39. The molecule has 2 rings (SSSR count). The molecule has 0 aromatic heterocycles. The fourth-order valence-electron chi connectivity index (χ4n) is 1.63. The number of nitro benzene ring substituents is 1. The van der Waals surface area contributed by atoms with Gasteiger partial charge in [0.1, 0.15) is 4.90 Å². The van der Waals surface area contributed by atoms with Crippen LogP contribution in [0.3, 0.4) is 0 Å². The van der Waals surface area contributed by atoms with E-state index in [0.717, 1.165) is 12.1 Å². The first-order valence-corrected chi connectivity index (χ1v) is 6.75. The van der Waals surface area contributed by atoms with Crippen LogP contribution in [0.15, 0.2) is 58.3 Å². The number of anilines is 1. The molecule has 0 fully saturated rings. The topological polar surface area (TPSA) is 103 Å². The molecule has 98 valence electrons. The molecule has 0 atom stereocenters. The second-order valence-electron chi connectivity index (χ2n) is 3.80. The van der Waals surface area contributed by atoms with Crippen molar-refractivity contribution in [2.45, 2.75) is 9.79 Å². The number of benzene rings is 2. The highest BCUT2D eigenvalue weighted by atomic mass is 32.2. The van der Waals surface area contributed by atoms with Gasteiger partial charge in [-0.25, -0.2) is 8.42 Å². The summed E-state index contributed by atoms with van der Waals surface area (Å²) in [5.41, 5.74) is 5.06. The summed E-state index contributed by atoms with van der Waals surface area (Å²) >= 11 is 0. The quantitative estimate of drug-likeness (QED) is 0.525. The van der Waals surface area contributed by atoms with Gasteiger partial charge in [-0.3, -0.25) is 10.1 Å². The first-order valence-electron chi connectivity index (χ1n) is 5.27. The van der Waals surface area contributed by atoms with Crippen LogP contribution in [0.5, 0.6) is 0 Å². The van der Waals surface area contributed by atoms with Gasteiger partial charge in [-0.1, -0.05) is 18.2 Å². The lowest BCUT2D eigenvalue weighted by atomic mass is 10.3. The van der Waals surface area contributed by atoms with Gasteiger partial charge < -0.3 is 5.73 Å². The Morgan fingerprint density at radius 2 is 1.68 bits per heavy atom. The fraction of sp³-hybridized carbons (Fsp3) is 0. The van der Waals surface area contributed by atoms with Crippen LogP contribution in [0.4, 0.5) is 11.4 Å². The third-order valence-electron chi connectivity index (χ3n) is 2.52. The third kappa shape index (κ3) is 2.41. The molecule has 0 unspecified atom stereocenters. The molecule has 0 spiro atoms. The summed E-state index contributed by atoms with van der Waals surface area (Å²) in [4.78, 5) is 9.82. The Morgan fingerprint density at radius 1 is 1.05 bits per heavy atom. The zero-order valence-electron chi connectivity index (χ0n) is 9.68. The molecule has 0 aliphatic heterocycles. The third-order valence-corrected chi connectivity index (χ3v) is 4.34. The maximum atomic E-state index is 12.3. The fourth-order valence-corrected chi connectivity index (χ4v) is 3.06. The SMILES string of the molecule is Nc1ccc(S(=O)(=O)c2ccccc2)c([N+](=O)[O-])c1. The molecule has 2 aromatic rings. The van der Waals surface area contributed by atoms with Crippen LogP contribution < -0.4 is 5.73 Å². The smallest absolute Gasteiger partial charge is 0.290 e. The Hall–Kier alpha value is -2.41. The Morgan fingerprint density at radius 3 is 2.26 bits per heavy atom. The summed E-state index contributed by atoms with van der Waals surface area (Å²) in [6.45, 7) is 0. The van der Waals surface area contributed by atoms with E-state index in [4.69, 9.17) is 5.73 Å². The Bertz CT molecular complexity index is 727. The summed E-state index contributed by atoms with van der Waals surface area (Å²) in [5, 5.41) is 10.9. The number of nitrogen functional groups attached to an aromatic ring is 1. The minimum atomic E-state index is -3.93. The van der Waals surface area contributed by atoms with Crippen molar-refractivity contribution in [3.63, 3.8) is 0 Å². The lowest BCUT2D eigenvalue weighted by Crippen LogP contribution is -2.06. The molecule has 0 heterocycles. The Labute approximate surface area is 109 Å². The summed E-state index contributed by atoms with van der Waals surface area (Å²) in [5.74, 6) is 0. The van der Waals surface area contributed by atoms with E-state index >= 15 is 0 Å². The predicted molar refractivity (Wildman–Crippen MR) is 69.4 cm³/mol. The van der Waals surface area contributed by atoms with E-state index in [1.807, 2.05) is 0 Å². The van der Waals surface area contributed by atoms with Crippen LogP contribution in [0, 0.1) is 10.1 Å². The van der Waals surface area contributed by atoms with Crippen molar-refractivity contribution in [2.24, 2.45) is 0 Å². The predicted octanol–water partition coefficient (Wildman–Crippen LogP) is 2.01. The first-order chi connectivity index (χ1) is 8.93. The van der Waals surface area contributed by atoms with Gasteiger partial charge in [-0.15, -0.1) is 0 Å². The van der Waals surface area contributed by atoms with E-state index < -0.39 is 20.4 Å². The highest BCUT2D eigenvalue weighted by Crippen LogP contribution is 2.30. The number of nitro groups is 1. The molecular weight excluding hydrogens is 268 g/mol. The lowest BCUT2D eigenvalue weighted by molar-refractivity contribution is -0.387. The molecule has 0 amide bonds. The summed E-state index contributed by atoms with van der Waals surface area (Å²) < 4.78 is 24.7. The minimum Gasteiger partial charge on any atom is -0.399 e. The molecule has 0 saturated heterocycles. The first kappa shape index (κ1) is 13.0. The normalized spacial score (nSPS) is 11.2. The second kappa shape index (κ2) is 4.69. The number of hydrogen-bond acceptors (Lipinski definition) is 5. The van der Waals surface area contributed by atoms with E-state index in [1.165, 1.54) is 18.2 Å². The van der Waals surface area contributed by atoms with Gasteiger partial charge in [0.15, 0.2) is 0 Å². The van der Waals surface area contributed by atoms with E-state index in [2.05, 4.69) is 0 Å². The Kier molecular flexibility index (Phi) is 3.22. The van der Waals surface area contributed by atoms with Crippen LogP contribution in [0.1, 0.15) is 0 Å². The van der Waals surface area contributed by atoms with Crippen molar-refractivity contribution < 1.29 is 13.3 Å². The number of hydrogen-bond donors (Lipinski definition) is 1. The highest BCUT2D eigenvalue weighted by molar-refractivity contribution is 7.91. The molecule has 2 N–H and O–H groups in total. The number of sulfone groups is 1. The van der Waals surface area contributed by atoms with Gasteiger partial charge in [-0.2, -0.15) is 0 Å². The molecule has 0 radical (unpaired) electrons. The van der Waals surface area contributed by atoms with Gasteiger partial charge in [0, 0.05) is 11.8 Å². The number of rotatable bonds is 3. The van der Waals surface area contributed by atoms with Gasteiger partial charge in [-0.05, 0) is 24.3 Å². The van der Waals surface area contributed by atoms with Crippen molar-refractivity contribution in [1.82, 2.24) is 0 Å². The standard InChI is InChI=1S/C12H10N2O4S/c13-9-6-7-12(11(8-9)14(15)16)19(17,18)10-4-2-1-3-5-10/h1-8H,13H2. The molecule has 0 saturated carbocycles. The largest absolute Gasteiger partial charge is 0.399 e. The van der Waals surface area contributed by atoms with Crippen LogP contribution in [0.25, 0.3) is 0 Å². The van der Waals surface area contributed by atoms with Gasteiger partial charge in [0.2, 0.25) is 9.84 Å². The molecule has 0 bridgehead atoms. The molecule has 19 heavy (non-hydrogen) atoms. The van der Waals surface area contributed by atoms with Gasteiger partial charge >= 0.3 is 0 Å². The average molecular weight is 278 g/mol. The maximum absolute atomic E-state index is 12.3. The summed E-state index contributed by atoms with van der Waals surface area (Å²) in [6.07, 6.45) is 0. The van der Waals surface area contributed by atoms with E-state index in [9.17, 15) is 18.5 Å². The zero-order chi connectivity index (χ0) is 14.0. The molecule has 0 aliphatic rings. The molecule has 2 aromatic carbocycles. The second-order valence-corrected chi connectivity index (χ2v) is 5.72. The monoisotopic (exact) mass is 278 g/mol. The molecule has 0 aliphatic carbocycles. The van der Waals surface area contributed by atoms with Crippen molar-refractivity contribution in [1.29, 1.82) is 0 Å². The number of nitrogens with zero attached hydrogens (tertiary/aromatic N) is 1. The van der Waals surface area contributed by atoms with Crippen molar-refractivity contribution in [3.05, 3.63) is 58.6 Å². The van der Waals surface area contributed by atoms with E-state index in [1.54, 1.807) is 18.2 Å². The lowest BCUT2D eigenvalue weighted by Gasteiger charge is -2.05. The van der Waals surface area contributed by atoms with Crippen LogP contribution in [0.2, 0.25) is 0 Å². The van der Waals surface area contributed by atoms with Crippen molar-refractivity contribution >= 4 is 21.2 Å². The van der Waals surface area contributed by atoms with Crippen LogP contribution in [-0.2, 0) is 9.84 Å². The van der Waals surface area contributed by atoms with E-state index in [0.29, 0.717) is 0 Å². The van der Waals surface area contributed by atoms with E-state index in [-0.39, 0.29) is 15.5 Å². The molecular formula is C12H10N2O4S. The van der Waals surface area contributed by atoms with Crippen LogP contribution >= 0.6 is 0 Å². The molecule has 6 nitrogen and oxygen atoms in total. The van der Waals surface area contributed by atoms with Crippen molar-refractivity contribution in [2.75, 3.05) is 5.73 Å². The highest BCUT2D eigenvalue weighted by Gasteiger charge is 2.27. The summed E-state index contributed by atoms with van der Waals surface area (Å²) in [7, 11) is -3.93. The van der Waals surface area contributed by atoms with Crippen LogP contribution in [-0.4, -0.2) is 13.3 Å². The number of nitrogens with two attached hydrogens (primary N) is 1.